The molecule has 0 saturated heterocycles. The van der Waals surface area contributed by atoms with E-state index < -0.39 is 17.0 Å². The van der Waals surface area contributed by atoms with Crippen LogP contribution >= 0.6 is 23.2 Å². The molecule has 3 rings (SSSR count). The van der Waals surface area contributed by atoms with Gasteiger partial charge in [0.2, 0.25) is 5.78 Å². The SMILES string of the molecule is Cc1cc(C)nc(C(=O)c2c(C(C)C)c(=O)[nH]c(=O)n2Cc2cc(Cl)cc(Cl)c2)c1. The van der Waals surface area contributed by atoms with Crippen molar-refractivity contribution in [2.45, 2.75) is 40.2 Å². The molecule has 1 N–H and O–H groups in total. The Hall–Kier alpha value is -2.70. The monoisotopic (exact) mass is 445 g/mol. The van der Waals surface area contributed by atoms with E-state index in [1.165, 1.54) is 4.57 Å². The summed E-state index contributed by atoms with van der Waals surface area (Å²) in [5.41, 5.74) is 1.32. The molecule has 0 unspecified atom stereocenters. The van der Waals surface area contributed by atoms with E-state index in [1.54, 1.807) is 45.0 Å². The summed E-state index contributed by atoms with van der Waals surface area (Å²) in [6.07, 6.45) is 0. The van der Waals surface area contributed by atoms with Crippen molar-refractivity contribution in [3.63, 3.8) is 0 Å². The lowest BCUT2D eigenvalue weighted by molar-refractivity contribution is 0.102. The van der Waals surface area contributed by atoms with E-state index in [1.807, 2.05) is 13.0 Å². The fourth-order valence-electron chi connectivity index (χ4n) is 3.48. The van der Waals surface area contributed by atoms with Crippen molar-refractivity contribution >= 4 is 29.0 Å². The fourth-order valence-corrected chi connectivity index (χ4v) is 4.05. The third-order valence-electron chi connectivity index (χ3n) is 4.62. The Labute approximate surface area is 183 Å². The van der Waals surface area contributed by atoms with Crippen molar-refractivity contribution in [1.29, 1.82) is 0 Å². The highest BCUT2D eigenvalue weighted by Gasteiger charge is 2.25. The second kappa shape index (κ2) is 8.58. The molecule has 8 heteroatoms. The van der Waals surface area contributed by atoms with E-state index in [-0.39, 0.29) is 29.4 Å². The molecule has 30 heavy (non-hydrogen) atoms. The number of hydrogen-bond donors (Lipinski definition) is 1. The summed E-state index contributed by atoms with van der Waals surface area (Å²) in [6.45, 7) is 7.24. The van der Waals surface area contributed by atoms with Gasteiger partial charge >= 0.3 is 5.69 Å². The van der Waals surface area contributed by atoms with Gasteiger partial charge in [0.1, 0.15) is 11.4 Å². The number of carbonyl (C=O) groups is 1. The molecule has 1 aromatic carbocycles. The van der Waals surface area contributed by atoms with Gasteiger partial charge in [-0.3, -0.25) is 19.1 Å². The van der Waals surface area contributed by atoms with E-state index in [4.69, 9.17) is 23.2 Å². The van der Waals surface area contributed by atoms with E-state index in [0.717, 1.165) is 5.56 Å². The van der Waals surface area contributed by atoms with Gasteiger partial charge in [0, 0.05) is 21.3 Å². The Balaban J connectivity index is 2.29. The number of benzene rings is 1. The molecule has 0 aliphatic heterocycles. The molecule has 0 bridgehead atoms. The summed E-state index contributed by atoms with van der Waals surface area (Å²) in [5.74, 6) is -0.782. The number of halogens is 2. The first-order valence-corrected chi connectivity index (χ1v) is 10.1. The average molecular weight is 446 g/mol. The number of aromatic amines is 1. The van der Waals surface area contributed by atoms with Crippen molar-refractivity contribution in [3.05, 3.63) is 95.0 Å². The summed E-state index contributed by atoms with van der Waals surface area (Å²) in [5, 5.41) is 0.811. The first-order chi connectivity index (χ1) is 14.1. The van der Waals surface area contributed by atoms with Gasteiger partial charge in [0.15, 0.2) is 0 Å². The zero-order valence-electron chi connectivity index (χ0n) is 17.0. The predicted octanol–water partition coefficient (Wildman–Crippen LogP) is 4.26. The van der Waals surface area contributed by atoms with E-state index in [9.17, 15) is 14.4 Å². The quantitative estimate of drug-likeness (QED) is 0.594. The molecule has 2 aromatic heterocycles. The number of nitrogens with one attached hydrogen (secondary N) is 1. The number of H-pyrrole nitrogens is 1. The van der Waals surface area contributed by atoms with E-state index in [0.29, 0.717) is 21.3 Å². The Bertz CT molecular complexity index is 1220. The van der Waals surface area contributed by atoms with Crippen molar-refractivity contribution in [2.75, 3.05) is 0 Å². The topological polar surface area (TPSA) is 84.8 Å². The van der Waals surface area contributed by atoms with Gasteiger partial charge in [-0.2, -0.15) is 0 Å². The maximum Gasteiger partial charge on any atom is 0.329 e. The molecule has 0 fully saturated rings. The van der Waals surface area contributed by atoms with Gasteiger partial charge in [-0.1, -0.05) is 37.0 Å². The maximum atomic E-state index is 13.5. The lowest BCUT2D eigenvalue weighted by atomic mass is 9.98. The number of aromatic nitrogens is 3. The van der Waals surface area contributed by atoms with Crippen LogP contribution in [-0.2, 0) is 6.54 Å². The third kappa shape index (κ3) is 4.55. The number of carbonyl (C=O) groups excluding carboxylic acids is 1. The first kappa shape index (κ1) is 22.0. The first-order valence-electron chi connectivity index (χ1n) is 9.38. The molecule has 0 amide bonds. The van der Waals surface area contributed by atoms with Crippen LogP contribution in [0.1, 0.15) is 58.3 Å². The molecule has 0 radical (unpaired) electrons. The van der Waals surface area contributed by atoms with Crippen LogP contribution < -0.4 is 11.2 Å². The highest BCUT2D eigenvalue weighted by molar-refractivity contribution is 6.34. The van der Waals surface area contributed by atoms with Gasteiger partial charge in [-0.05, 0) is 61.2 Å². The molecule has 0 saturated carbocycles. The fraction of sp³-hybridized carbons (Fsp3) is 0.273. The smallest absolute Gasteiger partial charge is 0.285 e. The van der Waals surface area contributed by atoms with Crippen molar-refractivity contribution in [3.8, 4) is 0 Å². The van der Waals surface area contributed by atoms with E-state index >= 15 is 0 Å². The largest absolute Gasteiger partial charge is 0.329 e. The number of hydrogen-bond acceptors (Lipinski definition) is 4. The molecular weight excluding hydrogens is 425 g/mol. The summed E-state index contributed by atoms with van der Waals surface area (Å²) < 4.78 is 1.25. The zero-order chi connectivity index (χ0) is 22.2. The van der Waals surface area contributed by atoms with Crippen molar-refractivity contribution in [1.82, 2.24) is 14.5 Å². The summed E-state index contributed by atoms with van der Waals surface area (Å²) in [7, 11) is 0. The number of nitrogens with zero attached hydrogens (tertiary/aromatic N) is 2. The summed E-state index contributed by atoms with van der Waals surface area (Å²) >= 11 is 12.2. The summed E-state index contributed by atoms with van der Waals surface area (Å²) in [6, 6.07) is 8.38. The zero-order valence-corrected chi connectivity index (χ0v) is 18.6. The van der Waals surface area contributed by atoms with Gasteiger partial charge in [0.05, 0.1) is 6.54 Å². The number of aryl methyl sites for hydroxylation is 2. The van der Waals surface area contributed by atoms with Gasteiger partial charge in [0.25, 0.3) is 5.56 Å². The number of rotatable bonds is 5. The molecule has 0 aliphatic carbocycles. The lowest BCUT2D eigenvalue weighted by Crippen LogP contribution is -2.38. The van der Waals surface area contributed by atoms with Crippen LogP contribution in [-0.4, -0.2) is 20.3 Å². The van der Waals surface area contributed by atoms with Crippen LogP contribution in [0.3, 0.4) is 0 Å². The Morgan fingerprint density at radius 1 is 1.07 bits per heavy atom. The molecule has 156 valence electrons. The molecule has 2 heterocycles. The average Bonchev–Trinajstić information content (AvgIpc) is 2.61. The Kier molecular flexibility index (Phi) is 6.29. The minimum absolute atomic E-state index is 0.0154. The van der Waals surface area contributed by atoms with Crippen LogP contribution in [0.5, 0.6) is 0 Å². The molecule has 6 nitrogen and oxygen atoms in total. The van der Waals surface area contributed by atoms with E-state index in [2.05, 4.69) is 9.97 Å². The van der Waals surface area contributed by atoms with Gasteiger partial charge < -0.3 is 0 Å². The minimum atomic E-state index is -0.687. The van der Waals surface area contributed by atoms with Crippen LogP contribution in [0, 0.1) is 13.8 Å². The molecule has 0 spiro atoms. The highest BCUT2D eigenvalue weighted by atomic mass is 35.5. The maximum absolute atomic E-state index is 13.5. The molecule has 0 atom stereocenters. The van der Waals surface area contributed by atoms with Crippen LogP contribution in [0.15, 0.2) is 39.9 Å². The second-order valence-corrected chi connectivity index (χ2v) is 8.41. The molecule has 0 aliphatic rings. The minimum Gasteiger partial charge on any atom is -0.285 e. The summed E-state index contributed by atoms with van der Waals surface area (Å²) in [4.78, 5) is 45.5. The normalized spacial score (nSPS) is 11.2. The Morgan fingerprint density at radius 2 is 1.70 bits per heavy atom. The molecular formula is C22H21Cl2N3O3. The lowest BCUT2D eigenvalue weighted by Gasteiger charge is -2.17. The van der Waals surface area contributed by atoms with Crippen LogP contribution in [0.25, 0.3) is 0 Å². The predicted molar refractivity (Wildman–Crippen MR) is 118 cm³/mol. The standard InChI is InChI=1S/C22H21Cl2N3O3/c1-11(2)18-19(20(28)17-6-12(3)5-13(4)25-17)27(22(30)26-21(18)29)10-14-7-15(23)9-16(24)8-14/h5-9,11H,10H2,1-4H3,(H,26,29,30). The highest BCUT2D eigenvalue weighted by Crippen LogP contribution is 2.22. The van der Waals surface area contributed by atoms with Crippen molar-refractivity contribution in [2.24, 2.45) is 0 Å². The van der Waals surface area contributed by atoms with Crippen LogP contribution in [0.4, 0.5) is 0 Å². The van der Waals surface area contributed by atoms with Gasteiger partial charge in [-0.25, -0.2) is 9.78 Å². The van der Waals surface area contributed by atoms with Crippen molar-refractivity contribution < 1.29 is 4.79 Å². The Morgan fingerprint density at radius 3 is 2.27 bits per heavy atom. The third-order valence-corrected chi connectivity index (χ3v) is 5.06. The molecule has 3 aromatic rings. The number of pyridine rings is 1. The van der Waals surface area contributed by atoms with Crippen LogP contribution in [0.2, 0.25) is 10.0 Å². The van der Waals surface area contributed by atoms with Gasteiger partial charge in [-0.15, -0.1) is 0 Å². The number of ketones is 1. The second-order valence-electron chi connectivity index (χ2n) is 7.54.